The lowest BCUT2D eigenvalue weighted by molar-refractivity contribution is -0.119. The minimum atomic E-state index is -0.514. The zero-order valence-corrected chi connectivity index (χ0v) is 13.2. The zero-order valence-electron chi connectivity index (χ0n) is 12.4. The number of carbonyl (C=O) groups is 1. The summed E-state index contributed by atoms with van der Waals surface area (Å²) in [6.07, 6.45) is 0.616. The molecule has 0 aliphatic carbocycles. The molecule has 1 atom stereocenters. The second-order valence-corrected chi connectivity index (χ2v) is 5.88. The summed E-state index contributed by atoms with van der Waals surface area (Å²) in [5.41, 5.74) is 2.65. The molecule has 2 aromatic carbocycles. The number of carbonyl (C=O) groups excluding carboxylic acids is 1. The lowest BCUT2D eigenvalue weighted by Crippen LogP contribution is -2.22. The number of benzene rings is 2. The first kappa shape index (κ1) is 15.4. The van der Waals surface area contributed by atoms with E-state index in [1.54, 1.807) is 18.2 Å². The largest absolute Gasteiger partial charge is 0.417 e. The van der Waals surface area contributed by atoms with Crippen molar-refractivity contribution in [1.82, 2.24) is 4.98 Å². The standard InChI is InChI=1S/C17H15ClN2O3/c1-10(8-11-2-4-12(18)5-3-11)16(21)19-13-6-7-14-15(9-13)23-17(22)20-14/h2-7,9-10H,8H2,1H3,(H,19,21)(H,20,22). The number of hydrogen-bond donors (Lipinski definition) is 2. The molecule has 23 heavy (non-hydrogen) atoms. The summed E-state index contributed by atoms with van der Waals surface area (Å²) in [6, 6.07) is 12.5. The van der Waals surface area contributed by atoms with Gasteiger partial charge in [0.2, 0.25) is 5.91 Å². The van der Waals surface area contributed by atoms with Gasteiger partial charge < -0.3 is 9.73 Å². The normalized spacial score (nSPS) is 12.3. The van der Waals surface area contributed by atoms with Gasteiger partial charge in [-0.2, -0.15) is 0 Å². The maximum atomic E-state index is 12.3. The molecule has 2 N–H and O–H groups in total. The van der Waals surface area contributed by atoms with Crippen molar-refractivity contribution in [2.24, 2.45) is 5.92 Å². The zero-order chi connectivity index (χ0) is 16.4. The maximum absolute atomic E-state index is 12.3. The van der Waals surface area contributed by atoms with E-state index in [0.717, 1.165) is 5.56 Å². The van der Waals surface area contributed by atoms with Crippen LogP contribution in [0.1, 0.15) is 12.5 Å². The maximum Gasteiger partial charge on any atom is 0.417 e. The predicted molar refractivity (Wildman–Crippen MR) is 89.8 cm³/mol. The number of halogens is 1. The lowest BCUT2D eigenvalue weighted by Gasteiger charge is -2.12. The average molecular weight is 331 g/mol. The Kier molecular flexibility index (Phi) is 4.21. The topological polar surface area (TPSA) is 75.1 Å². The van der Waals surface area contributed by atoms with Crippen LogP contribution in [0.25, 0.3) is 11.1 Å². The Hall–Kier alpha value is -2.53. The van der Waals surface area contributed by atoms with Gasteiger partial charge in [-0.05, 0) is 36.2 Å². The van der Waals surface area contributed by atoms with Gasteiger partial charge in [-0.25, -0.2) is 4.79 Å². The molecule has 0 aliphatic heterocycles. The number of fused-ring (bicyclic) bond motifs is 1. The molecule has 1 unspecified atom stereocenters. The molecule has 1 amide bonds. The number of oxazole rings is 1. The smallest absolute Gasteiger partial charge is 0.408 e. The summed E-state index contributed by atoms with van der Waals surface area (Å²) in [5, 5.41) is 3.51. The number of rotatable bonds is 4. The number of anilines is 1. The second kappa shape index (κ2) is 6.30. The molecule has 0 bridgehead atoms. The van der Waals surface area contributed by atoms with Gasteiger partial charge in [0.25, 0.3) is 0 Å². The second-order valence-electron chi connectivity index (χ2n) is 5.45. The number of nitrogens with one attached hydrogen (secondary N) is 2. The predicted octanol–water partition coefficient (Wildman–Crippen LogP) is 3.59. The Morgan fingerprint density at radius 1 is 1.26 bits per heavy atom. The molecule has 3 aromatic rings. The van der Waals surface area contributed by atoms with E-state index in [1.807, 2.05) is 31.2 Å². The third-order valence-corrected chi connectivity index (χ3v) is 3.84. The van der Waals surface area contributed by atoms with Crippen LogP contribution in [0.15, 0.2) is 51.7 Å². The van der Waals surface area contributed by atoms with Gasteiger partial charge in [0.05, 0.1) is 5.52 Å². The average Bonchev–Trinajstić information content (AvgIpc) is 2.88. The van der Waals surface area contributed by atoms with E-state index < -0.39 is 5.76 Å². The molecule has 6 heteroatoms. The summed E-state index contributed by atoms with van der Waals surface area (Å²) in [5.74, 6) is -0.818. The molecular formula is C17H15ClN2O3. The van der Waals surface area contributed by atoms with Crippen LogP contribution < -0.4 is 11.1 Å². The van der Waals surface area contributed by atoms with Gasteiger partial charge in [-0.1, -0.05) is 30.7 Å². The lowest BCUT2D eigenvalue weighted by atomic mass is 10.0. The summed E-state index contributed by atoms with van der Waals surface area (Å²) in [6.45, 7) is 1.86. The van der Waals surface area contributed by atoms with Gasteiger partial charge in [0.15, 0.2) is 5.58 Å². The van der Waals surface area contributed by atoms with Gasteiger partial charge in [0.1, 0.15) is 0 Å². The quantitative estimate of drug-likeness (QED) is 0.767. The van der Waals surface area contributed by atoms with Crippen LogP contribution >= 0.6 is 11.6 Å². The Balaban J connectivity index is 1.69. The summed E-state index contributed by atoms with van der Waals surface area (Å²) in [4.78, 5) is 26.0. The molecule has 0 spiro atoms. The van der Waals surface area contributed by atoms with Gasteiger partial charge >= 0.3 is 5.76 Å². The molecule has 1 heterocycles. The summed E-state index contributed by atoms with van der Waals surface area (Å²) in [7, 11) is 0. The van der Waals surface area contributed by atoms with E-state index in [-0.39, 0.29) is 11.8 Å². The van der Waals surface area contributed by atoms with Crippen molar-refractivity contribution in [3.05, 3.63) is 63.6 Å². The SMILES string of the molecule is CC(Cc1ccc(Cl)cc1)C(=O)Nc1ccc2[nH]c(=O)oc2c1. The van der Waals surface area contributed by atoms with Crippen molar-refractivity contribution in [3.8, 4) is 0 Å². The van der Waals surface area contributed by atoms with E-state index in [4.69, 9.17) is 16.0 Å². The van der Waals surface area contributed by atoms with Crippen molar-refractivity contribution < 1.29 is 9.21 Å². The van der Waals surface area contributed by atoms with Crippen molar-refractivity contribution in [1.29, 1.82) is 0 Å². The van der Waals surface area contributed by atoms with Crippen LogP contribution in [0.3, 0.4) is 0 Å². The van der Waals surface area contributed by atoms with Gasteiger partial charge in [0, 0.05) is 22.7 Å². The van der Waals surface area contributed by atoms with Crippen LogP contribution in [0.2, 0.25) is 5.02 Å². The van der Waals surface area contributed by atoms with Crippen LogP contribution in [0, 0.1) is 5.92 Å². The minimum Gasteiger partial charge on any atom is -0.408 e. The van der Waals surface area contributed by atoms with Crippen molar-refractivity contribution in [3.63, 3.8) is 0 Å². The van der Waals surface area contributed by atoms with Crippen molar-refractivity contribution in [2.75, 3.05) is 5.32 Å². The number of H-pyrrole nitrogens is 1. The highest BCUT2D eigenvalue weighted by Crippen LogP contribution is 2.18. The highest BCUT2D eigenvalue weighted by Gasteiger charge is 2.14. The highest BCUT2D eigenvalue weighted by atomic mass is 35.5. The van der Waals surface area contributed by atoms with Gasteiger partial charge in [-0.15, -0.1) is 0 Å². The van der Waals surface area contributed by atoms with E-state index in [0.29, 0.717) is 28.2 Å². The monoisotopic (exact) mass is 330 g/mol. The van der Waals surface area contributed by atoms with E-state index in [1.165, 1.54) is 0 Å². The fraction of sp³-hybridized carbons (Fsp3) is 0.176. The summed E-state index contributed by atoms with van der Waals surface area (Å²) < 4.78 is 4.98. The Morgan fingerprint density at radius 3 is 2.74 bits per heavy atom. The summed E-state index contributed by atoms with van der Waals surface area (Å²) >= 11 is 5.85. The third kappa shape index (κ3) is 3.63. The van der Waals surface area contributed by atoms with E-state index >= 15 is 0 Å². The van der Waals surface area contributed by atoms with Crippen LogP contribution in [0.4, 0.5) is 5.69 Å². The van der Waals surface area contributed by atoms with Crippen LogP contribution in [0.5, 0.6) is 0 Å². The minimum absolute atomic E-state index is 0.0998. The van der Waals surface area contributed by atoms with Crippen LogP contribution in [-0.4, -0.2) is 10.9 Å². The Morgan fingerprint density at radius 2 is 2.00 bits per heavy atom. The molecule has 5 nitrogen and oxygen atoms in total. The number of hydrogen-bond acceptors (Lipinski definition) is 3. The number of aromatic nitrogens is 1. The van der Waals surface area contributed by atoms with E-state index in [9.17, 15) is 9.59 Å². The van der Waals surface area contributed by atoms with Crippen molar-refractivity contribution >= 4 is 34.3 Å². The number of aromatic amines is 1. The number of amides is 1. The van der Waals surface area contributed by atoms with E-state index in [2.05, 4.69) is 10.3 Å². The molecule has 118 valence electrons. The molecule has 0 radical (unpaired) electrons. The molecular weight excluding hydrogens is 316 g/mol. The molecule has 0 saturated carbocycles. The molecule has 0 aliphatic rings. The molecule has 0 saturated heterocycles. The molecule has 1 aromatic heterocycles. The van der Waals surface area contributed by atoms with Crippen molar-refractivity contribution in [2.45, 2.75) is 13.3 Å². The fourth-order valence-electron chi connectivity index (χ4n) is 2.36. The van der Waals surface area contributed by atoms with Gasteiger partial charge in [-0.3, -0.25) is 9.78 Å². The Bertz CT molecular complexity index is 896. The first-order chi connectivity index (χ1) is 11.0. The molecule has 3 rings (SSSR count). The van der Waals surface area contributed by atoms with Crippen LogP contribution in [-0.2, 0) is 11.2 Å². The Labute approximate surface area is 137 Å². The first-order valence-corrected chi connectivity index (χ1v) is 7.57. The fourth-order valence-corrected chi connectivity index (χ4v) is 2.48. The highest BCUT2D eigenvalue weighted by molar-refractivity contribution is 6.30. The first-order valence-electron chi connectivity index (χ1n) is 7.19. The third-order valence-electron chi connectivity index (χ3n) is 3.59. The molecule has 0 fully saturated rings.